The maximum absolute atomic E-state index is 13.3. The lowest BCUT2D eigenvalue weighted by atomic mass is 9.94. The van der Waals surface area contributed by atoms with E-state index in [4.69, 9.17) is 0 Å². The van der Waals surface area contributed by atoms with Crippen molar-refractivity contribution in [3.05, 3.63) is 46.3 Å². The van der Waals surface area contributed by atoms with Crippen molar-refractivity contribution in [2.75, 3.05) is 11.9 Å². The summed E-state index contributed by atoms with van der Waals surface area (Å²) in [6, 6.07) is 5.32. The van der Waals surface area contributed by atoms with Gasteiger partial charge in [0.25, 0.3) is 5.91 Å². The molecule has 0 saturated heterocycles. The van der Waals surface area contributed by atoms with Gasteiger partial charge in [0.05, 0.1) is 13.2 Å². The van der Waals surface area contributed by atoms with Gasteiger partial charge in [0.1, 0.15) is 6.17 Å². The number of anilines is 1. The largest absolute Gasteiger partial charge is 0.392 e. The molecule has 24 heavy (non-hydrogen) atoms. The molecule has 3 N–H and O–H groups in total. The monoisotopic (exact) mass is 330 g/mol. The van der Waals surface area contributed by atoms with Crippen LogP contribution in [0.4, 0.5) is 10.1 Å². The van der Waals surface area contributed by atoms with E-state index in [1.165, 1.54) is 0 Å². The number of halogens is 1. The second kappa shape index (κ2) is 5.99. The zero-order chi connectivity index (χ0) is 16.7. The molecule has 1 unspecified atom stereocenters. The van der Waals surface area contributed by atoms with Crippen LogP contribution in [0, 0.1) is 0 Å². The molecular weight excluding hydrogens is 311 g/mol. The topological polar surface area (TPSA) is 79.2 Å². The van der Waals surface area contributed by atoms with Gasteiger partial charge in [0.15, 0.2) is 5.69 Å². The van der Waals surface area contributed by atoms with Gasteiger partial charge in [-0.3, -0.25) is 9.48 Å². The summed E-state index contributed by atoms with van der Waals surface area (Å²) in [5.74, 6) is -0.287. The first-order chi connectivity index (χ1) is 11.7. The van der Waals surface area contributed by atoms with Gasteiger partial charge in [-0.15, -0.1) is 0 Å². The Balaban J connectivity index is 1.59. The number of aliphatic hydroxyl groups is 1. The quantitative estimate of drug-likeness (QED) is 0.789. The Morgan fingerprint density at radius 1 is 1.46 bits per heavy atom. The van der Waals surface area contributed by atoms with Gasteiger partial charge >= 0.3 is 0 Å². The number of carbonyl (C=O) groups excluding carboxylic acids is 1. The van der Waals surface area contributed by atoms with Crippen LogP contribution in [-0.4, -0.2) is 33.5 Å². The summed E-state index contributed by atoms with van der Waals surface area (Å²) in [7, 11) is 0. The molecule has 1 aromatic carbocycles. The molecule has 4 rings (SSSR count). The Kier molecular flexibility index (Phi) is 3.82. The molecule has 0 radical (unpaired) electrons. The number of nitrogens with zero attached hydrogens (tertiary/aromatic N) is 2. The number of alkyl halides is 1. The third kappa shape index (κ3) is 2.59. The molecule has 2 aliphatic rings. The molecule has 3 heterocycles. The minimum absolute atomic E-state index is 0.0175. The molecule has 126 valence electrons. The number of aliphatic hydroxyl groups excluding tert-OH is 1. The van der Waals surface area contributed by atoms with Crippen molar-refractivity contribution < 1.29 is 14.3 Å². The van der Waals surface area contributed by atoms with Crippen LogP contribution in [0.2, 0.25) is 0 Å². The lowest BCUT2D eigenvalue weighted by Gasteiger charge is -2.23. The Morgan fingerprint density at radius 3 is 3.12 bits per heavy atom. The molecule has 0 bridgehead atoms. The molecule has 0 saturated carbocycles. The first-order valence-corrected chi connectivity index (χ1v) is 8.13. The van der Waals surface area contributed by atoms with Crippen LogP contribution in [0.25, 0.3) is 0 Å². The number of benzene rings is 1. The van der Waals surface area contributed by atoms with E-state index in [1.807, 2.05) is 12.1 Å². The second-order valence-electron chi connectivity index (χ2n) is 6.27. The maximum Gasteiger partial charge on any atom is 0.276 e. The number of hydrogen-bond acceptors (Lipinski definition) is 4. The zero-order valence-electron chi connectivity index (χ0n) is 13.2. The highest BCUT2D eigenvalue weighted by Crippen LogP contribution is 2.27. The van der Waals surface area contributed by atoms with E-state index in [-0.39, 0.29) is 19.1 Å². The minimum Gasteiger partial charge on any atom is -0.392 e. The van der Waals surface area contributed by atoms with E-state index >= 15 is 0 Å². The van der Waals surface area contributed by atoms with Crippen LogP contribution in [0.5, 0.6) is 0 Å². The molecule has 2 aliphatic heterocycles. The van der Waals surface area contributed by atoms with E-state index in [9.17, 15) is 14.3 Å². The lowest BCUT2D eigenvalue weighted by molar-refractivity contribution is 0.102. The van der Waals surface area contributed by atoms with Crippen molar-refractivity contribution in [2.24, 2.45) is 0 Å². The van der Waals surface area contributed by atoms with Gasteiger partial charge < -0.3 is 15.7 Å². The highest BCUT2D eigenvalue weighted by Gasteiger charge is 2.25. The SMILES string of the molecule is O=C(Nc1ccc(CO)c2c1CCNC2)c1cc2n(n1)CC(F)C2. The molecular formula is C17H19FN4O2. The molecule has 1 amide bonds. The molecule has 0 fully saturated rings. The summed E-state index contributed by atoms with van der Waals surface area (Å²) >= 11 is 0. The van der Waals surface area contributed by atoms with E-state index in [0.717, 1.165) is 41.0 Å². The van der Waals surface area contributed by atoms with Gasteiger partial charge in [0.2, 0.25) is 0 Å². The summed E-state index contributed by atoms with van der Waals surface area (Å²) < 4.78 is 14.9. The summed E-state index contributed by atoms with van der Waals surface area (Å²) in [4.78, 5) is 12.5. The maximum atomic E-state index is 13.3. The number of carbonyl (C=O) groups is 1. The molecule has 1 aromatic heterocycles. The minimum atomic E-state index is -0.907. The Hall–Kier alpha value is -2.25. The molecule has 0 aliphatic carbocycles. The van der Waals surface area contributed by atoms with Crippen molar-refractivity contribution in [1.82, 2.24) is 15.1 Å². The van der Waals surface area contributed by atoms with Crippen LogP contribution >= 0.6 is 0 Å². The van der Waals surface area contributed by atoms with Gasteiger partial charge in [-0.05, 0) is 41.8 Å². The fourth-order valence-electron chi connectivity index (χ4n) is 3.49. The van der Waals surface area contributed by atoms with Gasteiger partial charge in [-0.2, -0.15) is 5.10 Å². The van der Waals surface area contributed by atoms with E-state index < -0.39 is 6.17 Å². The predicted molar refractivity (Wildman–Crippen MR) is 86.6 cm³/mol. The number of nitrogens with one attached hydrogen (secondary N) is 2. The summed E-state index contributed by atoms with van der Waals surface area (Å²) in [6.45, 7) is 1.72. The summed E-state index contributed by atoms with van der Waals surface area (Å²) in [5.41, 5.74) is 4.81. The average Bonchev–Trinajstić information content (AvgIpc) is 3.12. The average molecular weight is 330 g/mol. The van der Waals surface area contributed by atoms with Crippen molar-refractivity contribution in [1.29, 1.82) is 0 Å². The van der Waals surface area contributed by atoms with E-state index in [1.54, 1.807) is 10.7 Å². The van der Waals surface area contributed by atoms with Crippen molar-refractivity contribution in [3.8, 4) is 0 Å². The van der Waals surface area contributed by atoms with Crippen molar-refractivity contribution in [2.45, 2.75) is 38.7 Å². The van der Waals surface area contributed by atoms with Crippen LogP contribution in [0.3, 0.4) is 0 Å². The Morgan fingerprint density at radius 2 is 2.33 bits per heavy atom. The van der Waals surface area contributed by atoms with E-state index in [2.05, 4.69) is 15.7 Å². The van der Waals surface area contributed by atoms with Crippen LogP contribution in [0.1, 0.15) is 32.9 Å². The lowest BCUT2D eigenvalue weighted by Crippen LogP contribution is -2.26. The fourth-order valence-corrected chi connectivity index (χ4v) is 3.49. The number of rotatable bonds is 3. The summed E-state index contributed by atoms with van der Waals surface area (Å²) in [6.07, 6.45) is 0.198. The third-order valence-corrected chi connectivity index (χ3v) is 4.70. The third-order valence-electron chi connectivity index (χ3n) is 4.70. The van der Waals surface area contributed by atoms with Crippen molar-refractivity contribution in [3.63, 3.8) is 0 Å². The first kappa shape index (κ1) is 15.3. The molecule has 7 heteroatoms. The van der Waals surface area contributed by atoms with E-state index in [0.29, 0.717) is 18.7 Å². The second-order valence-corrected chi connectivity index (χ2v) is 6.27. The van der Waals surface area contributed by atoms with Gasteiger partial charge in [-0.1, -0.05) is 6.07 Å². The molecule has 6 nitrogen and oxygen atoms in total. The van der Waals surface area contributed by atoms with Crippen LogP contribution < -0.4 is 10.6 Å². The highest BCUT2D eigenvalue weighted by molar-refractivity contribution is 6.03. The molecule has 0 spiro atoms. The fraction of sp³-hybridized carbons (Fsp3) is 0.412. The predicted octanol–water partition coefficient (Wildman–Crippen LogP) is 1.17. The Labute approximate surface area is 138 Å². The van der Waals surface area contributed by atoms with Gasteiger partial charge in [0, 0.05) is 24.3 Å². The van der Waals surface area contributed by atoms with Crippen LogP contribution in [0.15, 0.2) is 18.2 Å². The normalized spacial score (nSPS) is 19.0. The first-order valence-electron chi connectivity index (χ1n) is 8.13. The summed E-state index contributed by atoms with van der Waals surface area (Å²) in [5, 5.41) is 19.9. The number of fused-ring (bicyclic) bond motifs is 2. The number of hydrogen-bond donors (Lipinski definition) is 3. The zero-order valence-corrected chi connectivity index (χ0v) is 13.2. The molecule has 2 aromatic rings. The highest BCUT2D eigenvalue weighted by atomic mass is 19.1. The standard InChI is InChI=1S/C17H19FN4O2/c18-11-5-12-6-16(21-22(12)8-11)17(24)20-15-2-1-10(9-23)14-7-19-4-3-13(14)15/h1-2,6,11,19,23H,3-5,7-9H2,(H,20,24). The van der Waals surface area contributed by atoms with Gasteiger partial charge in [-0.25, -0.2) is 4.39 Å². The number of aromatic nitrogens is 2. The number of amides is 1. The Bertz CT molecular complexity index is 779. The van der Waals surface area contributed by atoms with Crippen LogP contribution in [-0.2, 0) is 32.5 Å². The van der Waals surface area contributed by atoms with Crippen molar-refractivity contribution >= 4 is 11.6 Å². The molecule has 1 atom stereocenters. The smallest absolute Gasteiger partial charge is 0.276 e.